The number of rotatable bonds is 2. The molecule has 0 unspecified atom stereocenters. The number of benzene rings is 1. The minimum Gasteiger partial charge on any atom is -0.337 e. The summed E-state index contributed by atoms with van der Waals surface area (Å²) in [6.07, 6.45) is 1.29. The van der Waals surface area contributed by atoms with Crippen LogP contribution in [0.1, 0.15) is 21.7 Å². The van der Waals surface area contributed by atoms with E-state index in [1.54, 1.807) is 4.90 Å². The number of fused-ring (bicyclic) bond motifs is 1. The Bertz CT molecular complexity index is 1200. The van der Waals surface area contributed by atoms with E-state index in [4.69, 9.17) is 0 Å². The van der Waals surface area contributed by atoms with Crippen molar-refractivity contribution < 1.29 is 4.79 Å². The molecule has 0 saturated carbocycles. The molecule has 0 fully saturated rings. The minimum atomic E-state index is -0.507. The van der Waals surface area contributed by atoms with Crippen LogP contribution in [0.5, 0.6) is 0 Å². The smallest absolute Gasteiger partial charge is 0.331 e. The number of hydrogen-bond donors (Lipinski definition) is 0. The first-order valence-electron chi connectivity index (χ1n) is 9.55. The van der Waals surface area contributed by atoms with E-state index in [0.717, 1.165) is 27.1 Å². The lowest BCUT2D eigenvalue weighted by molar-refractivity contribution is 0.0750. The molecule has 0 spiro atoms. The maximum absolute atomic E-state index is 13.1. The molecule has 2 aromatic heterocycles. The first-order chi connectivity index (χ1) is 13.9. The second-order valence-corrected chi connectivity index (χ2v) is 7.32. The second kappa shape index (κ2) is 7.20. The average Bonchev–Trinajstić information content (AvgIpc) is 2.90. The Hall–Kier alpha value is -3.42. The maximum atomic E-state index is 13.1. The summed E-state index contributed by atoms with van der Waals surface area (Å²) in [6.45, 7) is 0.987. The molecule has 1 aliphatic heterocycles. The molecule has 0 aliphatic carbocycles. The fourth-order valence-corrected chi connectivity index (χ4v) is 3.95. The van der Waals surface area contributed by atoms with Gasteiger partial charge in [0, 0.05) is 57.8 Å². The number of nitrogens with zero attached hydrogens (tertiary/aromatic N) is 5. The van der Waals surface area contributed by atoms with Crippen LogP contribution in [0.3, 0.4) is 0 Å². The highest BCUT2D eigenvalue weighted by atomic mass is 16.2. The standard InChI is InChI=1S/C21H23N5O3/c1-23-17(13-18(27)24(2)21(23)29)20(28)26-11-9-15-16(10-12-26)22-25(3)19(15)14-7-5-4-6-8-14/h4-8,13H,9-12H2,1-3H3. The monoisotopic (exact) mass is 393 g/mol. The number of hydrogen-bond acceptors (Lipinski definition) is 4. The molecule has 0 N–H and O–H groups in total. The third kappa shape index (κ3) is 3.20. The van der Waals surface area contributed by atoms with E-state index < -0.39 is 11.2 Å². The highest BCUT2D eigenvalue weighted by molar-refractivity contribution is 5.92. The molecule has 3 aromatic rings. The Morgan fingerprint density at radius 3 is 2.38 bits per heavy atom. The van der Waals surface area contributed by atoms with Crippen LogP contribution in [-0.4, -0.2) is 42.8 Å². The van der Waals surface area contributed by atoms with Crippen molar-refractivity contribution in [2.24, 2.45) is 21.1 Å². The summed E-state index contributed by atoms with van der Waals surface area (Å²) < 4.78 is 4.13. The van der Waals surface area contributed by atoms with Crippen molar-refractivity contribution in [2.45, 2.75) is 12.8 Å². The summed E-state index contributed by atoms with van der Waals surface area (Å²) in [7, 11) is 4.85. The molecule has 0 saturated heterocycles. The van der Waals surface area contributed by atoms with Crippen LogP contribution in [0.2, 0.25) is 0 Å². The summed E-state index contributed by atoms with van der Waals surface area (Å²) >= 11 is 0. The number of carbonyl (C=O) groups excluding carboxylic acids is 1. The van der Waals surface area contributed by atoms with E-state index in [-0.39, 0.29) is 11.6 Å². The minimum absolute atomic E-state index is 0.112. The average molecular weight is 393 g/mol. The molecule has 8 nitrogen and oxygen atoms in total. The van der Waals surface area contributed by atoms with Gasteiger partial charge in [0.05, 0.1) is 11.4 Å². The van der Waals surface area contributed by atoms with Crippen LogP contribution < -0.4 is 11.2 Å². The molecule has 29 heavy (non-hydrogen) atoms. The molecule has 0 radical (unpaired) electrons. The maximum Gasteiger partial charge on any atom is 0.331 e. The third-order valence-electron chi connectivity index (χ3n) is 5.56. The van der Waals surface area contributed by atoms with Crippen molar-refractivity contribution in [1.29, 1.82) is 0 Å². The van der Waals surface area contributed by atoms with Gasteiger partial charge in [0.25, 0.3) is 11.5 Å². The van der Waals surface area contributed by atoms with Crippen LogP contribution in [0.25, 0.3) is 11.3 Å². The van der Waals surface area contributed by atoms with Gasteiger partial charge in [-0.05, 0) is 6.42 Å². The van der Waals surface area contributed by atoms with E-state index >= 15 is 0 Å². The SMILES string of the molecule is Cn1nc2c(c1-c1ccccc1)CCN(C(=O)c1cc(=O)n(C)c(=O)n1C)CC2. The largest absolute Gasteiger partial charge is 0.337 e. The summed E-state index contributed by atoms with van der Waals surface area (Å²) in [5.74, 6) is -0.307. The van der Waals surface area contributed by atoms with E-state index in [0.29, 0.717) is 25.9 Å². The van der Waals surface area contributed by atoms with Crippen molar-refractivity contribution >= 4 is 5.91 Å². The lowest BCUT2D eigenvalue weighted by atomic mass is 10.0. The molecule has 1 aliphatic rings. The van der Waals surface area contributed by atoms with Crippen LogP contribution in [-0.2, 0) is 34.0 Å². The summed E-state index contributed by atoms with van der Waals surface area (Å²) in [6, 6.07) is 11.3. The number of carbonyl (C=O) groups is 1. The zero-order valence-electron chi connectivity index (χ0n) is 16.8. The Labute approximate surface area is 167 Å². The van der Waals surface area contributed by atoms with Gasteiger partial charge in [-0.2, -0.15) is 5.10 Å². The summed E-state index contributed by atoms with van der Waals surface area (Å²) in [4.78, 5) is 39.0. The summed E-state index contributed by atoms with van der Waals surface area (Å²) in [5.41, 5.74) is 3.41. The van der Waals surface area contributed by atoms with Crippen LogP contribution in [0, 0.1) is 0 Å². The topological polar surface area (TPSA) is 82.1 Å². The van der Waals surface area contributed by atoms with Gasteiger partial charge in [0.15, 0.2) is 0 Å². The van der Waals surface area contributed by atoms with Crippen LogP contribution in [0.4, 0.5) is 0 Å². The van der Waals surface area contributed by atoms with Gasteiger partial charge in [-0.15, -0.1) is 0 Å². The van der Waals surface area contributed by atoms with E-state index in [9.17, 15) is 14.4 Å². The number of aromatic nitrogens is 4. The molecule has 1 amide bonds. The molecule has 4 rings (SSSR count). The molecule has 1 aromatic carbocycles. The lowest BCUT2D eigenvalue weighted by Crippen LogP contribution is -2.43. The molecule has 150 valence electrons. The fourth-order valence-electron chi connectivity index (χ4n) is 3.95. The van der Waals surface area contributed by atoms with Crippen molar-refractivity contribution in [1.82, 2.24) is 23.8 Å². The van der Waals surface area contributed by atoms with Gasteiger partial charge in [-0.25, -0.2) is 4.79 Å². The predicted molar refractivity (Wildman–Crippen MR) is 109 cm³/mol. The Balaban J connectivity index is 1.65. The molecule has 3 heterocycles. The predicted octanol–water partition coefficient (Wildman–Crippen LogP) is 0.726. The van der Waals surface area contributed by atoms with E-state index in [2.05, 4.69) is 17.2 Å². The Morgan fingerprint density at radius 1 is 0.966 bits per heavy atom. The van der Waals surface area contributed by atoms with Crippen molar-refractivity contribution in [2.75, 3.05) is 13.1 Å². The number of aryl methyl sites for hydroxylation is 1. The molecular weight excluding hydrogens is 370 g/mol. The zero-order valence-corrected chi connectivity index (χ0v) is 16.8. The van der Waals surface area contributed by atoms with Crippen molar-refractivity contribution in [3.8, 4) is 11.3 Å². The highest BCUT2D eigenvalue weighted by Gasteiger charge is 2.26. The van der Waals surface area contributed by atoms with Gasteiger partial charge in [0.2, 0.25) is 0 Å². The first kappa shape index (κ1) is 18.9. The Kier molecular flexibility index (Phi) is 4.70. The Morgan fingerprint density at radius 2 is 1.66 bits per heavy atom. The third-order valence-corrected chi connectivity index (χ3v) is 5.56. The van der Waals surface area contributed by atoms with Crippen LogP contribution in [0.15, 0.2) is 46.0 Å². The van der Waals surface area contributed by atoms with E-state index in [1.165, 1.54) is 24.7 Å². The molecule has 8 heteroatoms. The highest BCUT2D eigenvalue weighted by Crippen LogP contribution is 2.28. The number of amides is 1. The normalized spacial score (nSPS) is 13.8. The first-order valence-corrected chi connectivity index (χ1v) is 9.55. The molecular formula is C21H23N5O3. The van der Waals surface area contributed by atoms with Gasteiger partial charge < -0.3 is 4.90 Å². The van der Waals surface area contributed by atoms with E-state index in [1.807, 2.05) is 29.9 Å². The quantitative estimate of drug-likeness (QED) is 0.643. The van der Waals surface area contributed by atoms with Gasteiger partial charge in [-0.3, -0.25) is 23.4 Å². The van der Waals surface area contributed by atoms with Crippen molar-refractivity contribution in [3.63, 3.8) is 0 Å². The lowest BCUT2D eigenvalue weighted by Gasteiger charge is -2.21. The molecule has 0 atom stereocenters. The molecule has 0 bridgehead atoms. The van der Waals surface area contributed by atoms with Crippen LogP contribution >= 0.6 is 0 Å². The van der Waals surface area contributed by atoms with Crippen molar-refractivity contribution in [3.05, 3.63) is 74.2 Å². The fraction of sp³-hybridized carbons (Fsp3) is 0.333. The van der Waals surface area contributed by atoms with Gasteiger partial charge >= 0.3 is 5.69 Å². The zero-order chi connectivity index (χ0) is 20.7. The summed E-state index contributed by atoms with van der Waals surface area (Å²) in [5, 5.41) is 4.68. The van der Waals surface area contributed by atoms with Gasteiger partial charge in [0.1, 0.15) is 5.69 Å². The van der Waals surface area contributed by atoms with Gasteiger partial charge in [-0.1, -0.05) is 30.3 Å². The second-order valence-electron chi connectivity index (χ2n) is 7.32.